The second kappa shape index (κ2) is 3.90. The maximum atomic E-state index is 11.2. The van der Waals surface area contributed by atoms with Gasteiger partial charge in [-0.25, -0.2) is 0 Å². The molecule has 0 aliphatic carbocycles. The number of rotatable bonds is 2. The molecule has 0 atom stereocenters. The van der Waals surface area contributed by atoms with E-state index in [0.29, 0.717) is 12.1 Å². The van der Waals surface area contributed by atoms with Crippen LogP contribution in [0.3, 0.4) is 0 Å². The molecule has 0 fully saturated rings. The molecule has 2 nitrogen and oxygen atoms in total. The van der Waals surface area contributed by atoms with Crippen molar-refractivity contribution in [3.05, 3.63) is 42.3 Å². The first kappa shape index (κ1) is 8.78. The smallest absolute Gasteiger partial charge is 0.251 e. The van der Waals surface area contributed by atoms with E-state index < -0.39 is 0 Å². The summed E-state index contributed by atoms with van der Waals surface area (Å²) < 4.78 is 0. The molecule has 0 heterocycles. The van der Waals surface area contributed by atoms with E-state index in [0.717, 1.165) is 5.56 Å². The van der Waals surface area contributed by atoms with Crippen molar-refractivity contribution in [1.82, 2.24) is 5.32 Å². The summed E-state index contributed by atoms with van der Waals surface area (Å²) in [6, 6.07) is 7.44. The summed E-state index contributed by atoms with van der Waals surface area (Å²) in [5.74, 6) is -0.0648. The summed E-state index contributed by atoms with van der Waals surface area (Å²) in [5, 5.41) is 2.63. The first-order valence-corrected chi connectivity index (χ1v) is 3.88. The maximum Gasteiger partial charge on any atom is 0.251 e. The Hall–Kier alpha value is -1.31. The SMILES string of the molecule is [CH2]CNC(=O)c1ccc(C)cc1. The zero-order chi connectivity index (χ0) is 8.97. The Balaban J connectivity index is 2.75. The Labute approximate surface area is 72.6 Å². The van der Waals surface area contributed by atoms with Crippen LogP contribution < -0.4 is 5.32 Å². The van der Waals surface area contributed by atoms with Crippen LogP contribution in [0.15, 0.2) is 24.3 Å². The molecular formula is C10H12NO. The molecule has 1 aromatic rings. The van der Waals surface area contributed by atoms with Crippen molar-refractivity contribution in [3.63, 3.8) is 0 Å². The van der Waals surface area contributed by atoms with Gasteiger partial charge in [0.15, 0.2) is 0 Å². The van der Waals surface area contributed by atoms with E-state index in [-0.39, 0.29) is 5.91 Å². The highest BCUT2D eigenvalue weighted by Crippen LogP contribution is 2.02. The third kappa shape index (κ3) is 2.09. The Morgan fingerprint density at radius 3 is 2.50 bits per heavy atom. The van der Waals surface area contributed by atoms with Gasteiger partial charge < -0.3 is 5.32 Å². The van der Waals surface area contributed by atoms with Gasteiger partial charge in [-0.15, -0.1) is 0 Å². The van der Waals surface area contributed by atoms with E-state index in [1.165, 1.54) is 0 Å². The zero-order valence-corrected chi connectivity index (χ0v) is 7.13. The largest absolute Gasteiger partial charge is 0.352 e. The summed E-state index contributed by atoms with van der Waals surface area (Å²) in [5.41, 5.74) is 1.84. The highest BCUT2D eigenvalue weighted by molar-refractivity contribution is 5.94. The van der Waals surface area contributed by atoms with Crippen LogP contribution in [-0.4, -0.2) is 12.5 Å². The van der Waals surface area contributed by atoms with Gasteiger partial charge >= 0.3 is 0 Å². The number of carbonyl (C=O) groups excluding carboxylic acids is 1. The Morgan fingerprint density at radius 2 is 2.00 bits per heavy atom. The van der Waals surface area contributed by atoms with Crippen molar-refractivity contribution in [2.24, 2.45) is 0 Å². The van der Waals surface area contributed by atoms with Crippen LogP contribution in [0, 0.1) is 13.8 Å². The quantitative estimate of drug-likeness (QED) is 0.702. The molecule has 0 bridgehead atoms. The molecule has 0 saturated carbocycles. The first-order valence-electron chi connectivity index (χ1n) is 3.88. The van der Waals surface area contributed by atoms with Crippen LogP contribution in [0.2, 0.25) is 0 Å². The van der Waals surface area contributed by atoms with Crippen LogP contribution >= 0.6 is 0 Å². The van der Waals surface area contributed by atoms with Crippen molar-refractivity contribution in [2.45, 2.75) is 6.92 Å². The van der Waals surface area contributed by atoms with Gasteiger partial charge in [0.05, 0.1) is 0 Å². The van der Waals surface area contributed by atoms with E-state index in [2.05, 4.69) is 12.2 Å². The first-order chi connectivity index (χ1) is 5.74. The van der Waals surface area contributed by atoms with Gasteiger partial charge in [-0.3, -0.25) is 4.79 Å². The van der Waals surface area contributed by atoms with Crippen LogP contribution in [0.4, 0.5) is 0 Å². The van der Waals surface area contributed by atoms with E-state index in [1.54, 1.807) is 12.1 Å². The third-order valence-corrected chi connectivity index (χ3v) is 1.60. The highest BCUT2D eigenvalue weighted by atomic mass is 16.1. The van der Waals surface area contributed by atoms with Gasteiger partial charge in [0.2, 0.25) is 0 Å². The van der Waals surface area contributed by atoms with Gasteiger partial charge in [-0.2, -0.15) is 0 Å². The number of hydrogen-bond donors (Lipinski definition) is 1. The predicted molar refractivity (Wildman–Crippen MR) is 48.9 cm³/mol. The normalized spacial score (nSPS) is 9.50. The summed E-state index contributed by atoms with van der Waals surface area (Å²) in [4.78, 5) is 11.2. The summed E-state index contributed by atoms with van der Waals surface area (Å²) in [6.07, 6.45) is 0. The molecule has 1 radical (unpaired) electrons. The number of aryl methyl sites for hydroxylation is 1. The molecule has 1 rings (SSSR count). The standard InChI is InChI=1S/C10H12NO/c1-3-11-10(12)9-6-4-8(2)5-7-9/h4-7H,1,3H2,2H3,(H,11,12). The fourth-order valence-corrected chi connectivity index (χ4v) is 0.921. The summed E-state index contributed by atoms with van der Waals surface area (Å²) in [7, 11) is 0. The summed E-state index contributed by atoms with van der Waals surface area (Å²) in [6.45, 7) is 5.95. The second-order valence-electron chi connectivity index (χ2n) is 2.62. The lowest BCUT2D eigenvalue weighted by Crippen LogP contribution is -2.22. The lowest BCUT2D eigenvalue weighted by molar-refractivity contribution is 0.0958. The number of amides is 1. The van der Waals surface area contributed by atoms with Gasteiger partial charge in [-0.05, 0) is 26.0 Å². The molecule has 1 aromatic carbocycles. The van der Waals surface area contributed by atoms with Crippen LogP contribution in [0.25, 0.3) is 0 Å². The number of benzene rings is 1. The van der Waals surface area contributed by atoms with Gasteiger partial charge in [-0.1, -0.05) is 17.7 Å². The lowest BCUT2D eigenvalue weighted by atomic mass is 10.1. The zero-order valence-electron chi connectivity index (χ0n) is 7.13. The second-order valence-corrected chi connectivity index (χ2v) is 2.62. The average Bonchev–Trinajstić information content (AvgIpc) is 2.06. The number of carbonyl (C=O) groups is 1. The molecule has 2 heteroatoms. The number of hydrogen-bond acceptors (Lipinski definition) is 1. The minimum atomic E-state index is -0.0648. The van der Waals surface area contributed by atoms with Gasteiger partial charge in [0.25, 0.3) is 5.91 Å². The van der Waals surface area contributed by atoms with Crippen LogP contribution in [-0.2, 0) is 0 Å². The van der Waals surface area contributed by atoms with Crippen molar-refractivity contribution < 1.29 is 4.79 Å². The molecule has 12 heavy (non-hydrogen) atoms. The average molecular weight is 162 g/mol. The van der Waals surface area contributed by atoms with Crippen molar-refractivity contribution in [1.29, 1.82) is 0 Å². The molecule has 0 saturated heterocycles. The van der Waals surface area contributed by atoms with Crippen molar-refractivity contribution in [2.75, 3.05) is 6.54 Å². The van der Waals surface area contributed by atoms with Gasteiger partial charge in [0, 0.05) is 12.1 Å². The minimum Gasteiger partial charge on any atom is -0.352 e. The van der Waals surface area contributed by atoms with Crippen molar-refractivity contribution >= 4 is 5.91 Å². The van der Waals surface area contributed by atoms with E-state index >= 15 is 0 Å². The third-order valence-electron chi connectivity index (χ3n) is 1.60. The maximum absolute atomic E-state index is 11.2. The fourth-order valence-electron chi connectivity index (χ4n) is 0.921. The molecule has 1 amide bonds. The lowest BCUT2D eigenvalue weighted by Gasteiger charge is -2.01. The van der Waals surface area contributed by atoms with E-state index in [4.69, 9.17) is 0 Å². The molecule has 63 valence electrons. The molecule has 1 N–H and O–H groups in total. The summed E-state index contributed by atoms with van der Waals surface area (Å²) >= 11 is 0. The van der Waals surface area contributed by atoms with E-state index in [1.807, 2.05) is 19.1 Å². The van der Waals surface area contributed by atoms with Crippen molar-refractivity contribution in [3.8, 4) is 0 Å². The molecule has 0 aromatic heterocycles. The monoisotopic (exact) mass is 162 g/mol. The Morgan fingerprint density at radius 1 is 1.42 bits per heavy atom. The minimum absolute atomic E-state index is 0.0648. The molecule has 0 aliphatic heterocycles. The fraction of sp³-hybridized carbons (Fsp3) is 0.200. The molecule has 0 spiro atoms. The topological polar surface area (TPSA) is 29.1 Å². The highest BCUT2D eigenvalue weighted by Gasteiger charge is 2.01. The number of nitrogens with one attached hydrogen (secondary N) is 1. The molecular weight excluding hydrogens is 150 g/mol. The molecule has 0 unspecified atom stereocenters. The van der Waals surface area contributed by atoms with E-state index in [9.17, 15) is 4.79 Å². The van der Waals surface area contributed by atoms with Crippen LogP contribution in [0.1, 0.15) is 15.9 Å². The molecule has 0 aliphatic rings. The van der Waals surface area contributed by atoms with Gasteiger partial charge in [0.1, 0.15) is 0 Å². The Bertz CT molecular complexity index is 264. The Kier molecular flexibility index (Phi) is 2.86. The predicted octanol–water partition coefficient (Wildman–Crippen LogP) is 1.56. The van der Waals surface area contributed by atoms with Crippen LogP contribution in [0.5, 0.6) is 0 Å².